The standard InChI is InChI=1S/C22H27ClN2O.ClH/c23-17-4-1-3-16(13-17)21-14-22(19-5-2-6-20(19)25-21)24-18-9-7-15(8-10-18)11-12-26;/h1,3-4,13-15,18,26H,2,5-12H2,(H,24,25);1H/t15-,18-;. The van der Waals surface area contributed by atoms with E-state index in [1.165, 1.54) is 49.0 Å². The van der Waals surface area contributed by atoms with Gasteiger partial charge in [0.25, 0.3) is 0 Å². The molecule has 0 saturated heterocycles. The molecule has 1 heterocycles. The molecule has 146 valence electrons. The van der Waals surface area contributed by atoms with E-state index in [0.29, 0.717) is 18.6 Å². The van der Waals surface area contributed by atoms with Crippen LogP contribution in [-0.2, 0) is 12.8 Å². The quantitative estimate of drug-likeness (QED) is 0.672. The Bertz CT molecular complexity index is 773. The average molecular weight is 407 g/mol. The van der Waals surface area contributed by atoms with E-state index in [2.05, 4.69) is 17.4 Å². The van der Waals surface area contributed by atoms with Crippen molar-refractivity contribution in [3.05, 3.63) is 46.6 Å². The lowest BCUT2D eigenvalue weighted by Crippen LogP contribution is -2.27. The van der Waals surface area contributed by atoms with Crippen LogP contribution in [0.2, 0.25) is 5.02 Å². The van der Waals surface area contributed by atoms with E-state index in [1.807, 2.05) is 18.2 Å². The van der Waals surface area contributed by atoms with Gasteiger partial charge in [-0.3, -0.25) is 4.98 Å². The first-order valence-corrected chi connectivity index (χ1v) is 10.3. The minimum Gasteiger partial charge on any atom is -0.396 e. The zero-order valence-corrected chi connectivity index (χ0v) is 17.2. The maximum atomic E-state index is 9.15. The first-order valence-electron chi connectivity index (χ1n) is 9.89. The summed E-state index contributed by atoms with van der Waals surface area (Å²) in [7, 11) is 0. The lowest BCUT2D eigenvalue weighted by Gasteiger charge is -2.30. The molecule has 0 aliphatic heterocycles. The van der Waals surface area contributed by atoms with Gasteiger partial charge in [0, 0.05) is 34.6 Å². The molecule has 0 radical (unpaired) electrons. The molecule has 2 aromatic rings. The molecular formula is C22H28Cl2N2O. The van der Waals surface area contributed by atoms with Gasteiger partial charge in [-0.2, -0.15) is 0 Å². The third kappa shape index (κ3) is 4.77. The summed E-state index contributed by atoms with van der Waals surface area (Å²) in [4.78, 5) is 4.93. The summed E-state index contributed by atoms with van der Waals surface area (Å²) in [6.07, 6.45) is 9.15. The van der Waals surface area contributed by atoms with Crippen LogP contribution in [0.4, 0.5) is 5.69 Å². The fourth-order valence-electron chi connectivity index (χ4n) is 4.47. The minimum atomic E-state index is 0. The lowest BCUT2D eigenvalue weighted by atomic mass is 9.84. The molecule has 0 spiro atoms. The summed E-state index contributed by atoms with van der Waals surface area (Å²) in [5.41, 5.74) is 6.03. The number of fused-ring (bicyclic) bond motifs is 1. The summed E-state index contributed by atoms with van der Waals surface area (Å²) in [5.74, 6) is 0.697. The summed E-state index contributed by atoms with van der Waals surface area (Å²) in [5, 5.41) is 13.7. The van der Waals surface area contributed by atoms with Crippen LogP contribution in [0.3, 0.4) is 0 Å². The number of nitrogens with zero attached hydrogens (tertiary/aromatic N) is 1. The monoisotopic (exact) mass is 406 g/mol. The Balaban J connectivity index is 0.00000210. The molecule has 0 bridgehead atoms. The van der Waals surface area contributed by atoms with E-state index in [1.54, 1.807) is 0 Å². The van der Waals surface area contributed by atoms with Crippen molar-refractivity contribution in [2.24, 2.45) is 5.92 Å². The summed E-state index contributed by atoms with van der Waals surface area (Å²) in [6, 6.07) is 10.7. The van der Waals surface area contributed by atoms with Gasteiger partial charge in [0.05, 0.1) is 5.69 Å². The molecule has 2 aliphatic rings. The molecule has 5 heteroatoms. The first-order chi connectivity index (χ1) is 12.7. The second-order valence-corrected chi connectivity index (χ2v) is 8.15. The van der Waals surface area contributed by atoms with Crippen molar-refractivity contribution in [2.45, 2.75) is 57.4 Å². The lowest BCUT2D eigenvalue weighted by molar-refractivity contribution is 0.225. The molecule has 1 aromatic carbocycles. The highest BCUT2D eigenvalue weighted by atomic mass is 35.5. The highest BCUT2D eigenvalue weighted by Crippen LogP contribution is 2.35. The predicted octanol–water partition coefficient (Wildman–Crippen LogP) is 5.67. The highest BCUT2D eigenvalue weighted by molar-refractivity contribution is 6.30. The van der Waals surface area contributed by atoms with Gasteiger partial charge in [0.2, 0.25) is 0 Å². The summed E-state index contributed by atoms with van der Waals surface area (Å²) < 4.78 is 0. The van der Waals surface area contributed by atoms with E-state index < -0.39 is 0 Å². The second kappa shape index (κ2) is 9.27. The van der Waals surface area contributed by atoms with Gasteiger partial charge >= 0.3 is 0 Å². The minimum absolute atomic E-state index is 0. The van der Waals surface area contributed by atoms with Crippen LogP contribution in [0.15, 0.2) is 30.3 Å². The number of aliphatic hydroxyl groups excluding tert-OH is 1. The Kier molecular flexibility index (Phi) is 7.02. The molecule has 0 atom stereocenters. The van der Waals surface area contributed by atoms with Crippen molar-refractivity contribution in [2.75, 3.05) is 11.9 Å². The predicted molar refractivity (Wildman–Crippen MR) is 115 cm³/mol. The molecule has 3 nitrogen and oxygen atoms in total. The van der Waals surface area contributed by atoms with E-state index in [9.17, 15) is 0 Å². The van der Waals surface area contributed by atoms with Gasteiger partial charge in [0.1, 0.15) is 0 Å². The number of rotatable bonds is 5. The Morgan fingerprint density at radius 1 is 1.11 bits per heavy atom. The fraction of sp³-hybridized carbons (Fsp3) is 0.500. The molecule has 2 aliphatic carbocycles. The molecule has 2 N–H and O–H groups in total. The van der Waals surface area contributed by atoms with E-state index >= 15 is 0 Å². The van der Waals surface area contributed by atoms with E-state index in [0.717, 1.165) is 35.5 Å². The third-order valence-electron chi connectivity index (χ3n) is 5.91. The molecule has 0 unspecified atom stereocenters. The number of benzene rings is 1. The van der Waals surface area contributed by atoms with Crippen LogP contribution < -0.4 is 5.32 Å². The van der Waals surface area contributed by atoms with Gasteiger partial charge in [-0.1, -0.05) is 23.7 Å². The second-order valence-electron chi connectivity index (χ2n) is 7.72. The number of aryl methyl sites for hydroxylation is 1. The molecular weight excluding hydrogens is 379 g/mol. The van der Waals surface area contributed by atoms with Crippen LogP contribution in [-0.4, -0.2) is 22.7 Å². The van der Waals surface area contributed by atoms with Crippen molar-refractivity contribution in [3.8, 4) is 11.3 Å². The average Bonchev–Trinajstić information content (AvgIpc) is 3.12. The number of pyridine rings is 1. The summed E-state index contributed by atoms with van der Waals surface area (Å²) >= 11 is 6.19. The number of hydrogen-bond donors (Lipinski definition) is 2. The summed E-state index contributed by atoms with van der Waals surface area (Å²) in [6.45, 7) is 0.323. The van der Waals surface area contributed by atoms with Gasteiger partial charge in [-0.25, -0.2) is 0 Å². The van der Waals surface area contributed by atoms with Crippen LogP contribution >= 0.6 is 24.0 Å². The Morgan fingerprint density at radius 3 is 2.67 bits per heavy atom. The van der Waals surface area contributed by atoms with Crippen molar-refractivity contribution in [3.63, 3.8) is 0 Å². The SMILES string of the molecule is Cl.OCC[C@H]1CC[C@H](Nc2cc(-c3cccc(Cl)c3)nc3c2CCC3)CC1. The molecule has 1 saturated carbocycles. The largest absolute Gasteiger partial charge is 0.396 e. The zero-order chi connectivity index (χ0) is 17.9. The Hall–Kier alpha value is -1.29. The van der Waals surface area contributed by atoms with Crippen molar-refractivity contribution < 1.29 is 5.11 Å². The van der Waals surface area contributed by atoms with Crippen molar-refractivity contribution in [1.82, 2.24) is 4.98 Å². The maximum absolute atomic E-state index is 9.15. The fourth-order valence-corrected chi connectivity index (χ4v) is 4.66. The maximum Gasteiger partial charge on any atom is 0.0726 e. The zero-order valence-electron chi connectivity index (χ0n) is 15.6. The third-order valence-corrected chi connectivity index (χ3v) is 6.15. The molecule has 0 amide bonds. The number of hydrogen-bond acceptors (Lipinski definition) is 3. The van der Waals surface area contributed by atoms with Crippen LogP contribution in [0, 0.1) is 5.92 Å². The molecule has 4 rings (SSSR count). The number of aliphatic hydroxyl groups is 1. The number of anilines is 1. The van der Waals surface area contributed by atoms with Gasteiger partial charge in [0.15, 0.2) is 0 Å². The first kappa shape index (κ1) is 20.4. The van der Waals surface area contributed by atoms with Gasteiger partial charge in [-0.15, -0.1) is 12.4 Å². The topological polar surface area (TPSA) is 45.1 Å². The van der Waals surface area contributed by atoms with Crippen LogP contribution in [0.25, 0.3) is 11.3 Å². The number of nitrogens with one attached hydrogen (secondary N) is 1. The number of aromatic nitrogens is 1. The van der Waals surface area contributed by atoms with Crippen molar-refractivity contribution >= 4 is 29.7 Å². The van der Waals surface area contributed by atoms with Crippen molar-refractivity contribution in [1.29, 1.82) is 0 Å². The van der Waals surface area contributed by atoms with Gasteiger partial charge < -0.3 is 10.4 Å². The smallest absolute Gasteiger partial charge is 0.0726 e. The van der Waals surface area contributed by atoms with E-state index in [-0.39, 0.29) is 12.4 Å². The van der Waals surface area contributed by atoms with Crippen LogP contribution in [0.5, 0.6) is 0 Å². The molecule has 1 aromatic heterocycles. The van der Waals surface area contributed by atoms with Gasteiger partial charge in [-0.05, 0) is 81.0 Å². The van der Waals surface area contributed by atoms with Crippen LogP contribution in [0.1, 0.15) is 49.8 Å². The normalized spacial score (nSPS) is 21.4. The van der Waals surface area contributed by atoms with E-state index in [4.69, 9.17) is 21.7 Å². The molecule has 1 fully saturated rings. The number of halogens is 2. The Morgan fingerprint density at radius 2 is 1.93 bits per heavy atom. The Labute approximate surface area is 173 Å². The highest BCUT2D eigenvalue weighted by Gasteiger charge is 2.24. The molecule has 27 heavy (non-hydrogen) atoms.